The van der Waals surface area contributed by atoms with Crippen molar-refractivity contribution >= 4 is 34.1 Å². The number of amides is 2. The third-order valence-corrected chi connectivity index (χ3v) is 7.90. The van der Waals surface area contributed by atoms with Gasteiger partial charge in [0.2, 0.25) is 5.91 Å². The van der Waals surface area contributed by atoms with Gasteiger partial charge in [-0.3, -0.25) is 4.79 Å². The zero-order valence-electron chi connectivity index (χ0n) is 22.7. The molecule has 2 heterocycles. The van der Waals surface area contributed by atoms with Crippen molar-refractivity contribution in [3.63, 3.8) is 0 Å². The maximum Gasteiger partial charge on any atom is 0.422 e. The molecular weight excluding hydrogens is 564 g/mol. The number of carbonyl (C=O) groups excluding carboxylic acids is 3. The zero-order chi connectivity index (χ0) is 30.1. The van der Waals surface area contributed by atoms with E-state index in [-0.39, 0.29) is 43.2 Å². The van der Waals surface area contributed by atoms with Crippen molar-refractivity contribution in [2.24, 2.45) is 16.5 Å². The molecule has 0 spiro atoms. The summed E-state index contributed by atoms with van der Waals surface area (Å²) in [5.41, 5.74) is 12.2. The quantitative estimate of drug-likeness (QED) is 0.178. The van der Waals surface area contributed by atoms with Gasteiger partial charge in [-0.25, -0.2) is 23.3 Å². The predicted molar refractivity (Wildman–Crippen MR) is 153 cm³/mol. The number of ether oxygens (including phenoxy) is 2. The summed E-state index contributed by atoms with van der Waals surface area (Å²) >= 11 is 0. The van der Waals surface area contributed by atoms with E-state index in [4.69, 9.17) is 20.9 Å². The molecule has 2 aromatic carbocycles. The van der Waals surface area contributed by atoms with Crippen LogP contribution in [0.2, 0.25) is 0 Å². The first kappa shape index (κ1) is 30.1. The lowest BCUT2D eigenvalue weighted by molar-refractivity contribution is -0.130. The van der Waals surface area contributed by atoms with E-state index in [0.717, 1.165) is 0 Å². The average Bonchev–Trinajstić information content (AvgIpc) is 3.45. The molecule has 42 heavy (non-hydrogen) atoms. The molecular formula is C28H32N6O7S. The number of aromatic nitrogens is 1. The van der Waals surface area contributed by atoms with E-state index in [0.29, 0.717) is 46.6 Å². The number of nitrogens with one attached hydrogen (secondary N) is 1. The van der Waals surface area contributed by atoms with Crippen molar-refractivity contribution in [1.82, 2.24) is 13.6 Å². The van der Waals surface area contributed by atoms with Crippen molar-refractivity contribution in [2.45, 2.75) is 32.0 Å². The largest absolute Gasteiger partial charge is 0.456 e. The van der Waals surface area contributed by atoms with Gasteiger partial charge in [0, 0.05) is 19.3 Å². The van der Waals surface area contributed by atoms with Crippen LogP contribution in [0.4, 0.5) is 4.79 Å². The monoisotopic (exact) mass is 596 g/mol. The standard InChI is InChI=1S/C28H32N6O7S/c29-27(30)31-17-24(35)33-14-11-22(12-15-33)23-13-16-34(25(23)26(36)40-18-20-7-3-1-4-8-20)42(38,39)32-28(37)41-19-21-9-5-2-6-10-21/h1-10,13,16,22H,11-12,14-15,17-19H2,(H,32,37)(H4,29,30,31). The van der Waals surface area contributed by atoms with Crippen molar-refractivity contribution in [1.29, 1.82) is 0 Å². The number of esters is 1. The Bertz CT molecular complexity index is 1530. The van der Waals surface area contributed by atoms with Gasteiger partial charge in [0.25, 0.3) is 0 Å². The molecule has 1 fully saturated rings. The maximum atomic E-state index is 13.4. The highest BCUT2D eigenvalue weighted by Crippen LogP contribution is 2.32. The lowest BCUT2D eigenvalue weighted by Crippen LogP contribution is -2.40. The Balaban J connectivity index is 1.53. The first-order valence-corrected chi connectivity index (χ1v) is 14.6. The van der Waals surface area contributed by atoms with Gasteiger partial charge >= 0.3 is 22.3 Å². The van der Waals surface area contributed by atoms with E-state index in [9.17, 15) is 22.8 Å². The number of carbonyl (C=O) groups is 3. The molecule has 5 N–H and O–H groups in total. The van der Waals surface area contributed by atoms with E-state index in [1.54, 1.807) is 59.5 Å². The molecule has 3 aromatic rings. The summed E-state index contributed by atoms with van der Waals surface area (Å²) in [6, 6.07) is 19.2. The van der Waals surface area contributed by atoms with Crippen LogP contribution in [0.5, 0.6) is 0 Å². The van der Waals surface area contributed by atoms with E-state index >= 15 is 0 Å². The Kier molecular flexibility index (Phi) is 9.81. The van der Waals surface area contributed by atoms with Gasteiger partial charge in [-0.05, 0) is 41.5 Å². The number of rotatable bonds is 10. The van der Waals surface area contributed by atoms with E-state index in [1.807, 2.05) is 10.8 Å². The number of likely N-dealkylation sites (tertiary alicyclic amines) is 1. The summed E-state index contributed by atoms with van der Waals surface area (Å²) in [6.07, 6.45) is 0.884. The summed E-state index contributed by atoms with van der Waals surface area (Å²) in [4.78, 5) is 43.5. The Labute approximate surface area is 243 Å². The molecule has 1 aromatic heterocycles. The van der Waals surface area contributed by atoms with Gasteiger partial charge in [-0.2, -0.15) is 8.42 Å². The molecule has 2 amide bonds. The van der Waals surface area contributed by atoms with Gasteiger partial charge in [0.05, 0.1) is 0 Å². The lowest BCUT2D eigenvalue weighted by Gasteiger charge is -2.32. The third-order valence-electron chi connectivity index (χ3n) is 6.66. The molecule has 0 saturated carbocycles. The maximum absolute atomic E-state index is 13.4. The number of benzene rings is 2. The first-order chi connectivity index (χ1) is 20.1. The summed E-state index contributed by atoms with van der Waals surface area (Å²) in [6.45, 7) is 0.291. The second-order valence-corrected chi connectivity index (χ2v) is 11.1. The molecule has 13 nitrogen and oxygen atoms in total. The number of hydrogen-bond donors (Lipinski definition) is 3. The number of nitrogens with two attached hydrogens (primary N) is 2. The molecule has 0 aliphatic carbocycles. The van der Waals surface area contributed by atoms with E-state index < -0.39 is 22.3 Å². The van der Waals surface area contributed by atoms with Crippen LogP contribution in [0.25, 0.3) is 0 Å². The highest BCUT2D eigenvalue weighted by atomic mass is 32.2. The molecule has 14 heteroatoms. The normalized spacial score (nSPS) is 13.7. The van der Waals surface area contributed by atoms with Crippen molar-refractivity contribution in [3.8, 4) is 0 Å². The lowest BCUT2D eigenvalue weighted by atomic mass is 9.89. The average molecular weight is 597 g/mol. The molecule has 1 aliphatic rings. The van der Waals surface area contributed by atoms with Crippen LogP contribution >= 0.6 is 0 Å². The second-order valence-electron chi connectivity index (χ2n) is 9.54. The minimum Gasteiger partial charge on any atom is -0.456 e. The Morgan fingerprint density at radius 1 is 0.881 bits per heavy atom. The number of piperidine rings is 1. The molecule has 0 atom stereocenters. The molecule has 1 saturated heterocycles. The summed E-state index contributed by atoms with van der Waals surface area (Å²) < 4.78 is 39.6. The number of guanidine groups is 1. The minimum atomic E-state index is -4.59. The third kappa shape index (κ3) is 7.87. The SMILES string of the molecule is NC(N)=NCC(=O)N1CCC(c2ccn(S(=O)(=O)NC(=O)OCc3ccccc3)c2C(=O)OCc2ccccc2)CC1. The van der Waals surface area contributed by atoms with Crippen LogP contribution in [-0.2, 0) is 37.7 Å². The predicted octanol–water partition coefficient (Wildman–Crippen LogP) is 1.84. The zero-order valence-corrected chi connectivity index (χ0v) is 23.5. The van der Waals surface area contributed by atoms with Crippen LogP contribution in [0, 0.1) is 0 Å². The Morgan fingerprint density at radius 3 is 2.02 bits per heavy atom. The van der Waals surface area contributed by atoms with Gasteiger partial charge in [-0.15, -0.1) is 0 Å². The Hall–Kier alpha value is -4.85. The highest BCUT2D eigenvalue weighted by molar-refractivity contribution is 7.88. The number of aliphatic imine (C=N–C) groups is 1. The van der Waals surface area contributed by atoms with Crippen LogP contribution in [0.3, 0.4) is 0 Å². The van der Waals surface area contributed by atoms with Gasteiger partial charge < -0.3 is 25.8 Å². The van der Waals surface area contributed by atoms with Gasteiger partial charge in [0.1, 0.15) is 25.5 Å². The fraction of sp³-hybridized carbons (Fsp3) is 0.286. The minimum absolute atomic E-state index is 0.0887. The number of nitrogens with zero attached hydrogens (tertiary/aromatic N) is 3. The van der Waals surface area contributed by atoms with Gasteiger partial charge in [0.15, 0.2) is 5.96 Å². The van der Waals surface area contributed by atoms with Crippen molar-refractivity contribution in [3.05, 3.63) is 95.3 Å². The van der Waals surface area contributed by atoms with E-state index in [1.165, 1.54) is 12.3 Å². The summed E-state index contributed by atoms with van der Waals surface area (Å²) in [7, 11) is -4.59. The smallest absolute Gasteiger partial charge is 0.422 e. The fourth-order valence-electron chi connectivity index (χ4n) is 4.56. The number of hydrogen-bond acceptors (Lipinski definition) is 8. The van der Waals surface area contributed by atoms with Crippen molar-refractivity contribution in [2.75, 3.05) is 19.6 Å². The van der Waals surface area contributed by atoms with Crippen LogP contribution in [0.1, 0.15) is 45.9 Å². The summed E-state index contributed by atoms with van der Waals surface area (Å²) in [5, 5.41) is 0. The Morgan fingerprint density at radius 2 is 1.45 bits per heavy atom. The topological polar surface area (TPSA) is 188 Å². The van der Waals surface area contributed by atoms with Crippen molar-refractivity contribution < 1.29 is 32.3 Å². The van der Waals surface area contributed by atoms with E-state index in [2.05, 4.69) is 4.99 Å². The van der Waals surface area contributed by atoms with Crippen LogP contribution in [0.15, 0.2) is 77.9 Å². The van der Waals surface area contributed by atoms with Gasteiger partial charge in [-0.1, -0.05) is 60.7 Å². The second kappa shape index (κ2) is 13.7. The summed E-state index contributed by atoms with van der Waals surface area (Å²) in [5.74, 6) is -1.58. The molecule has 4 rings (SSSR count). The molecule has 0 unspecified atom stereocenters. The first-order valence-electron chi connectivity index (χ1n) is 13.1. The molecule has 0 radical (unpaired) electrons. The molecule has 222 valence electrons. The van der Waals surface area contributed by atoms with Crippen LogP contribution < -0.4 is 16.2 Å². The fourth-order valence-corrected chi connectivity index (χ4v) is 5.57. The molecule has 0 bridgehead atoms. The highest BCUT2D eigenvalue weighted by Gasteiger charge is 2.33. The van der Waals surface area contributed by atoms with Crippen LogP contribution in [-0.4, -0.2) is 60.9 Å². The molecule has 1 aliphatic heterocycles.